The number of hydrogen-bond acceptors (Lipinski definition) is 5. The van der Waals surface area contributed by atoms with Gasteiger partial charge in [0.25, 0.3) is 0 Å². The number of anilines is 1. The third-order valence-electron chi connectivity index (χ3n) is 5.41. The summed E-state index contributed by atoms with van der Waals surface area (Å²) in [6.45, 7) is 12.4. The number of benzene rings is 1. The van der Waals surface area contributed by atoms with E-state index in [1.54, 1.807) is 6.20 Å². The number of hydrogen-bond donors (Lipinski definition) is 1. The van der Waals surface area contributed by atoms with Crippen LogP contribution in [0.4, 0.5) is 5.82 Å². The van der Waals surface area contributed by atoms with E-state index in [0.717, 1.165) is 33.9 Å². The molecule has 2 aromatic heterocycles. The lowest BCUT2D eigenvalue weighted by molar-refractivity contribution is 0.203. The van der Waals surface area contributed by atoms with Crippen LogP contribution in [0.25, 0.3) is 22.3 Å². The van der Waals surface area contributed by atoms with Gasteiger partial charge in [-0.25, -0.2) is 4.98 Å². The molecule has 0 unspecified atom stereocenters. The second-order valence-corrected chi connectivity index (χ2v) is 13.3. The highest BCUT2D eigenvalue weighted by Crippen LogP contribution is 2.36. The van der Waals surface area contributed by atoms with Crippen molar-refractivity contribution >= 4 is 25.1 Å². The first-order valence-electron chi connectivity index (χ1n) is 9.64. The fourth-order valence-corrected chi connectivity index (χ4v) is 3.64. The Hall–Kier alpha value is -2.31. The minimum Gasteiger partial charge on any atom is -0.491 e. The molecule has 150 valence electrons. The van der Waals surface area contributed by atoms with Crippen LogP contribution >= 0.6 is 0 Å². The van der Waals surface area contributed by atoms with Crippen LogP contribution in [0.3, 0.4) is 0 Å². The van der Waals surface area contributed by atoms with Gasteiger partial charge in [-0.05, 0) is 54.5 Å². The van der Waals surface area contributed by atoms with E-state index in [-0.39, 0.29) is 5.04 Å². The first kappa shape index (κ1) is 20.4. The molecule has 0 aliphatic heterocycles. The van der Waals surface area contributed by atoms with Gasteiger partial charge in [-0.15, -0.1) is 0 Å². The Balaban J connectivity index is 1.64. The summed E-state index contributed by atoms with van der Waals surface area (Å²) in [5.41, 5.74) is 1.78. The lowest BCUT2D eigenvalue weighted by Gasteiger charge is -2.36. The van der Waals surface area contributed by atoms with Crippen LogP contribution in [-0.4, -0.2) is 33.6 Å². The molecular weight excluding hydrogens is 368 g/mol. The van der Waals surface area contributed by atoms with Crippen LogP contribution < -0.4 is 10.1 Å². The van der Waals surface area contributed by atoms with Gasteiger partial charge in [-0.2, -0.15) is 0 Å². The van der Waals surface area contributed by atoms with Crippen LogP contribution in [0.5, 0.6) is 5.75 Å². The van der Waals surface area contributed by atoms with E-state index in [4.69, 9.17) is 13.6 Å². The van der Waals surface area contributed by atoms with Gasteiger partial charge in [0.2, 0.25) is 0 Å². The van der Waals surface area contributed by atoms with E-state index in [0.29, 0.717) is 13.2 Å². The average molecular weight is 399 g/mol. The highest BCUT2D eigenvalue weighted by molar-refractivity contribution is 6.74. The molecule has 0 saturated heterocycles. The summed E-state index contributed by atoms with van der Waals surface area (Å²) < 4.78 is 18.0. The van der Waals surface area contributed by atoms with Crippen molar-refractivity contribution in [3.63, 3.8) is 0 Å². The number of aromatic nitrogens is 1. The molecular formula is C22H30N2O3Si. The SMILES string of the molecule is CNc1ccc(-c2cc3cc(OCCO[Si](C)(C)C(C)(C)C)ccc3o2)cn1. The van der Waals surface area contributed by atoms with Gasteiger partial charge in [0, 0.05) is 24.2 Å². The zero-order chi connectivity index (χ0) is 20.4. The Bertz CT molecular complexity index is 927. The summed E-state index contributed by atoms with van der Waals surface area (Å²) in [5, 5.41) is 4.23. The van der Waals surface area contributed by atoms with Gasteiger partial charge in [0.15, 0.2) is 8.32 Å². The maximum Gasteiger partial charge on any atom is 0.192 e. The van der Waals surface area contributed by atoms with Crippen molar-refractivity contribution in [2.24, 2.45) is 0 Å². The Morgan fingerprint density at radius 3 is 2.50 bits per heavy atom. The van der Waals surface area contributed by atoms with Gasteiger partial charge >= 0.3 is 0 Å². The summed E-state index contributed by atoms with van der Waals surface area (Å²) in [6.07, 6.45) is 1.80. The summed E-state index contributed by atoms with van der Waals surface area (Å²) in [4.78, 5) is 4.34. The van der Waals surface area contributed by atoms with Gasteiger partial charge in [-0.1, -0.05) is 20.8 Å². The molecule has 1 aromatic carbocycles. The van der Waals surface area contributed by atoms with Gasteiger partial charge < -0.3 is 18.9 Å². The van der Waals surface area contributed by atoms with Crippen molar-refractivity contribution in [3.05, 3.63) is 42.6 Å². The number of nitrogens with zero attached hydrogens (tertiary/aromatic N) is 1. The van der Waals surface area contributed by atoms with Crippen molar-refractivity contribution in [1.82, 2.24) is 4.98 Å². The Morgan fingerprint density at radius 2 is 1.86 bits per heavy atom. The van der Waals surface area contributed by atoms with Crippen LogP contribution in [0.2, 0.25) is 18.1 Å². The summed E-state index contributed by atoms with van der Waals surface area (Å²) >= 11 is 0. The van der Waals surface area contributed by atoms with E-state index in [9.17, 15) is 0 Å². The first-order valence-corrected chi connectivity index (χ1v) is 12.5. The van der Waals surface area contributed by atoms with E-state index in [1.165, 1.54) is 0 Å². The second-order valence-electron chi connectivity index (χ2n) is 8.45. The molecule has 2 heterocycles. The Morgan fingerprint density at radius 1 is 1.07 bits per heavy atom. The Labute approximate surface area is 168 Å². The quantitative estimate of drug-likeness (QED) is 0.394. The van der Waals surface area contributed by atoms with Crippen molar-refractivity contribution in [1.29, 1.82) is 0 Å². The molecule has 0 saturated carbocycles. The van der Waals surface area contributed by atoms with Crippen LogP contribution in [0.1, 0.15) is 20.8 Å². The number of fused-ring (bicyclic) bond motifs is 1. The number of ether oxygens (including phenoxy) is 1. The predicted octanol–water partition coefficient (Wildman–Crippen LogP) is 5.94. The molecule has 6 heteroatoms. The normalized spacial score (nSPS) is 12.4. The van der Waals surface area contributed by atoms with Crippen LogP contribution in [0, 0.1) is 0 Å². The van der Waals surface area contributed by atoms with Crippen molar-refractivity contribution in [2.75, 3.05) is 25.6 Å². The standard InChI is InChI=1S/C22H30N2O3Si/c1-22(2,3)28(5,6)26-12-11-25-18-8-9-19-17(13-18)14-20(27-19)16-7-10-21(23-4)24-15-16/h7-10,13-15H,11-12H2,1-6H3,(H,23,24). The summed E-state index contributed by atoms with van der Waals surface area (Å²) in [6, 6.07) is 11.8. The molecule has 0 bridgehead atoms. The van der Waals surface area contributed by atoms with Crippen molar-refractivity contribution in [3.8, 4) is 17.1 Å². The minimum atomic E-state index is -1.73. The highest BCUT2D eigenvalue weighted by Gasteiger charge is 2.36. The zero-order valence-electron chi connectivity index (χ0n) is 17.6. The number of pyridine rings is 1. The fraction of sp³-hybridized carbons (Fsp3) is 0.409. The van der Waals surface area contributed by atoms with E-state index >= 15 is 0 Å². The molecule has 0 atom stereocenters. The fourth-order valence-electron chi connectivity index (χ4n) is 2.61. The van der Waals surface area contributed by atoms with Crippen molar-refractivity contribution in [2.45, 2.75) is 38.9 Å². The van der Waals surface area contributed by atoms with Gasteiger partial charge in [0.05, 0.1) is 6.61 Å². The van der Waals surface area contributed by atoms with Gasteiger partial charge in [0.1, 0.15) is 29.5 Å². The van der Waals surface area contributed by atoms with Crippen molar-refractivity contribution < 1.29 is 13.6 Å². The molecule has 28 heavy (non-hydrogen) atoms. The molecule has 5 nitrogen and oxygen atoms in total. The van der Waals surface area contributed by atoms with Gasteiger partial charge in [-0.3, -0.25) is 0 Å². The van der Waals surface area contributed by atoms with E-state index in [1.807, 2.05) is 43.4 Å². The number of rotatable bonds is 7. The lowest BCUT2D eigenvalue weighted by Crippen LogP contribution is -2.41. The summed E-state index contributed by atoms with van der Waals surface area (Å²) in [5.74, 6) is 2.45. The monoisotopic (exact) mass is 398 g/mol. The molecule has 0 amide bonds. The number of furan rings is 1. The van der Waals surface area contributed by atoms with Crippen LogP contribution in [-0.2, 0) is 4.43 Å². The molecule has 0 aliphatic rings. The molecule has 3 aromatic rings. The maximum absolute atomic E-state index is 6.17. The third kappa shape index (κ3) is 4.56. The predicted molar refractivity (Wildman–Crippen MR) is 118 cm³/mol. The highest BCUT2D eigenvalue weighted by atomic mass is 28.4. The molecule has 0 fully saturated rings. The van der Waals surface area contributed by atoms with E-state index in [2.05, 4.69) is 44.2 Å². The molecule has 0 radical (unpaired) electrons. The molecule has 0 spiro atoms. The molecule has 3 rings (SSSR count). The maximum atomic E-state index is 6.17. The smallest absolute Gasteiger partial charge is 0.192 e. The number of nitrogens with one attached hydrogen (secondary N) is 1. The molecule has 0 aliphatic carbocycles. The van der Waals surface area contributed by atoms with E-state index < -0.39 is 8.32 Å². The second kappa shape index (κ2) is 7.97. The third-order valence-corrected chi connectivity index (χ3v) is 9.95. The minimum absolute atomic E-state index is 0.208. The Kier molecular flexibility index (Phi) is 5.81. The average Bonchev–Trinajstić information content (AvgIpc) is 3.08. The first-order chi connectivity index (χ1) is 13.2. The van der Waals surface area contributed by atoms with Crippen LogP contribution in [0.15, 0.2) is 47.0 Å². The largest absolute Gasteiger partial charge is 0.491 e. The lowest BCUT2D eigenvalue weighted by atomic mass is 10.2. The summed E-state index contributed by atoms with van der Waals surface area (Å²) in [7, 11) is 0.116. The molecule has 1 N–H and O–H groups in total. The zero-order valence-corrected chi connectivity index (χ0v) is 18.6. The topological polar surface area (TPSA) is 56.5 Å².